The van der Waals surface area contributed by atoms with Crippen molar-refractivity contribution in [3.63, 3.8) is 0 Å². The molecule has 0 atom stereocenters. The zero-order valence-corrected chi connectivity index (χ0v) is 15.4. The van der Waals surface area contributed by atoms with Gasteiger partial charge in [-0.1, -0.05) is 85.0 Å². The van der Waals surface area contributed by atoms with Crippen LogP contribution in [0.2, 0.25) is 0 Å². The molecule has 2 aromatic carbocycles. The number of nitrogens with zero attached hydrogens (tertiary/aromatic N) is 1. The van der Waals surface area contributed by atoms with E-state index < -0.39 is 0 Å². The van der Waals surface area contributed by atoms with Crippen molar-refractivity contribution in [3.8, 4) is 0 Å². The molecule has 6 rings (SSSR count). The number of hydrogen-bond acceptors (Lipinski definition) is 1. The van der Waals surface area contributed by atoms with Crippen LogP contribution in [0.5, 0.6) is 0 Å². The van der Waals surface area contributed by atoms with Gasteiger partial charge in [0.25, 0.3) is 0 Å². The summed E-state index contributed by atoms with van der Waals surface area (Å²) < 4.78 is 0. The molecule has 4 aliphatic rings. The standard InChI is InChI=1S/C26H18BN/c1-3-9-19(10-4-1)23-17-21-13-7-14-22-18-24(20-11-5-2-6-12-20)26-16-8-15-25(23)27(26)28(21)22/h1-18H. The normalized spacial score (nSPS) is 19.0. The average Bonchev–Trinajstić information content (AvgIpc) is 2.78. The van der Waals surface area contributed by atoms with Gasteiger partial charge in [-0.2, -0.15) is 0 Å². The van der Waals surface area contributed by atoms with Gasteiger partial charge in [-0.3, -0.25) is 0 Å². The fraction of sp³-hybridized carbons (Fsp3) is 0. The summed E-state index contributed by atoms with van der Waals surface area (Å²) >= 11 is 0. The van der Waals surface area contributed by atoms with E-state index in [-0.39, 0.29) is 6.85 Å². The van der Waals surface area contributed by atoms with Crippen molar-refractivity contribution in [2.45, 2.75) is 0 Å². The van der Waals surface area contributed by atoms with Crippen molar-refractivity contribution in [2.75, 3.05) is 0 Å². The zero-order valence-electron chi connectivity index (χ0n) is 15.4. The third-order valence-corrected chi connectivity index (χ3v) is 5.87. The molecule has 0 fully saturated rings. The Balaban J connectivity index is 1.62. The molecule has 0 aliphatic carbocycles. The monoisotopic (exact) mass is 355 g/mol. The summed E-state index contributed by atoms with van der Waals surface area (Å²) in [5.74, 6) is 0. The highest BCUT2D eigenvalue weighted by atomic mass is 15.1. The van der Waals surface area contributed by atoms with Crippen LogP contribution >= 0.6 is 0 Å². The highest BCUT2D eigenvalue weighted by Gasteiger charge is 2.42. The van der Waals surface area contributed by atoms with E-state index in [2.05, 4.69) is 114 Å². The zero-order chi connectivity index (χ0) is 18.5. The van der Waals surface area contributed by atoms with Crippen LogP contribution in [0.3, 0.4) is 0 Å². The summed E-state index contributed by atoms with van der Waals surface area (Å²) in [6, 6.07) is 21.5. The molecule has 0 bridgehead atoms. The van der Waals surface area contributed by atoms with Crippen LogP contribution in [-0.2, 0) is 0 Å². The van der Waals surface area contributed by atoms with Gasteiger partial charge in [-0.25, -0.2) is 0 Å². The maximum atomic E-state index is 2.48. The molecule has 2 heteroatoms. The molecule has 4 aliphatic heterocycles. The molecule has 2 aromatic rings. The molecule has 0 saturated carbocycles. The van der Waals surface area contributed by atoms with Gasteiger partial charge in [0.2, 0.25) is 0 Å². The highest BCUT2D eigenvalue weighted by Crippen LogP contribution is 2.46. The molecule has 0 saturated heterocycles. The minimum absolute atomic E-state index is 0.219. The number of allylic oxidation sites excluding steroid dienone is 12. The first-order chi connectivity index (χ1) is 13.9. The van der Waals surface area contributed by atoms with E-state index in [1.807, 2.05) is 0 Å². The quantitative estimate of drug-likeness (QED) is 0.620. The van der Waals surface area contributed by atoms with Crippen molar-refractivity contribution in [1.29, 1.82) is 0 Å². The lowest BCUT2D eigenvalue weighted by molar-refractivity contribution is 0.686. The van der Waals surface area contributed by atoms with Crippen molar-refractivity contribution in [1.82, 2.24) is 4.81 Å². The van der Waals surface area contributed by atoms with Crippen molar-refractivity contribution in [2.24, 2.45) is 0 Å². The summed E-state index contributed by atoms with van der Waals surface area (Å²) in [5, 5.41) is 0. The van der Waals surface area contributed by atoms with Gasteiger partial charge in [-0.05, 0) is 57.5 Å². The second kappa shape index (κ2) is 6.00. The Morgan fingerprint density at radius 3 is 2.14 bits per heavy atom. The maximum absolute atomic E-state index is 2.48. The van der Waals surface area contributed by atoms with E-state index in [1.165, 1.54) is 44.6 Å². The Labute approximate surface area is 165 Å². The molecule has 0 unspecified atom stereocenters. The van der Waals surface area contributed by atoms with Crippen LogP contribution < -0.4 is 0 Å². The molecular formula is C26H18BN. The van der Waals surface area contributed by atoms with E-state index in [1.54, 1.807) is 0 Å². The lowest BCUT2D eigenvalue weighted by Crippen LogP contribution is -2.46. The Hall–Kier alpha value is -3.52. The minimum Gasteiger partial charge on any atom is -0.377 e. The predicted octanol–water partition coefficient (Wildman–Crippen LogP) is 5.76. The van der Waals surface area contributed by atoms with E-state index >= 15 is 0 Å². The third-order valence-electron chi connectivity index (χ3n) is 5.87. The lowest BCUT2D eigenvalue weighted by atomic mass is 9.40. The summed E-state index contributed by atoms with van der Waals surface area (Å²) in [7, 11) is 0. The first kappa shape index (κ1) is 15.5. The molecule has 1 nitrogen and oxygen atoms in total. The summed E-state index contributed by atoms with van der Waals surface area (Å²) in [5.41, 5.74) is 10.4. The Kier molecular flexibility index (Phi) is 3.33. The average molecular weight is 355 g/mol. The van der Waals surface area contributed by atoms with Crippen LogP contribution in [0.1, 0.15) is 11.1 Å². The molecule has 0 N–H and O–H groups in total. The fourth-order valence-corrected chi connectivity index (χ4v) is 4.64. The minimum atomic E-state index is 0.219. The number of rotatable bonds is 2. The van der Waals surface area contributed by atoms with Gasteiger partial charge in [-0.15, -0.1) is 0 Å². The fourth-order valence-electron chi connectivity index (χ4n) is 4.64. The molecule has 4 heterocycles. The smallest absolute Gasteiger partial charge is 0.329 e. The van der Waals surface area contributed by atoms with Crippen LogP contribution in [0.15, 0.2) is 132 Å². The molecule has 0 aromatic heterocycles. The van der Waals surface area contributed by atoms with Crippen molar-refractivity contribution < 1.29 is 0 Å². The Bertz CT molecular complexity index is 1190. The van der Waals surface area contributed by atoms with Gasteiger partial charge >= 0.3 is 6.85 Å². The van der Waals surface area contributed by atoms with Gasteiger partial charge in [0.05, 0.1) is 0 Å². The summed E-state index contributed by atoms with van der Waals surface area (Å²) in [6.45, 7) is 0.219. The Morgan fingerprint density at radius 2 is 1.36 bits per heavy atom. The predicted molar refractivity (Wildman–Crippen MR) is 118 cm³/mol. The van der Waals surface area contributed by atoms with Gasteiger partial charge in [0.15, 0.2) is 0 Å². The largest absolute Gasteiger partial charge is 0.377 e. The van der Waals surface area contributed by atoms with Crippen molar-refractivity contribution >= 4 is 18.0 Å². The number of benzene rings is 2. The number of hydrogen-bond donors (Lipinski definition) is 0. The second-order valence-electron chi connectivity index (χ2n) is 7.43. The Morgan fingerprint density at radius 1 is 0.643 bits per heavy atom. The second-order valence-corrected chi connectivity index (χ2v) is 7.43. The molecule has 0 radical (unpaired) electrons. The van der Waals surface area contributed by atoms with Crippen LogP contribution in [0, 0.1) is 0 Å². The van der Waals surface area contributed by atoms with Crippen molar-refractivity contribution in [3.05, 3.63) is 143 Å². The SMILES string of the molecule is C1=CC2=CC(c3ccccc3)=C3C=CC=C4B3N2C(=C1)C=C4c1ccccc1. The van der Waals surface area contributed by atoms with Gasteiger partial charge < -0.3 is 4.81 Å². The van der Waals surface area contributed by atoms with E-state index in [0.717, 1.165) is 0 Å². The molecule has 0 spiro atoms. The van der Waals surface area contributed by atoms with Crippen LogP contribution in [-0.4, -0.2) is 11.7 Å². The van der Waals surface area contributed by atoms with Crippen LogP contribution in [0.4, 0.5) is 0 Å². The van der Waals surface area contributed by atoms with Gasteiger partial charge in [0.1, 0.15) is 0 Å². The first-order valence-corrected chi connectivity index (χ1v) is 9.75. The highest BCUT2D eigenvalue weighted by molar-refractivity contribution is 6.78. The van der Waals surface area contributed by atoms with E-state index in [4.69, 9.17) is 0 Å². The summed E-state index contributed by atoms with van der Waals surface area (Å²) in [6.07, 6.45) is 18.0. The molecule has 0 amide bonds. The van der Waals surface area contributed by atoms with E-state index in [0.29, 0.717) is 0 Å². The van der Waals surface area contributed by atoms with Gasteiger partial charge in [0, 0.05) is 11.4 Å². The molecular weight excluding hydrogens is 337 g/mol. The summed E-state index contributed by atoms with van der Waals surface area (Å²) in [4.78, 5) is 2.48. The maximum Gasteiger partial charge on any atom is 0.329 e. The van der Waals surface area contributed by atoms with Crippen LogP contribution in [0.25, 0.3) is 11.1 Å². The topological polar surface area (TPSA) is 3.24 Å². The van der Waals surface area contributed by atoms with E-state index in [9.17, 15) is 0 Å². The molecule has 130 valence electrons. The lowest BCUT2D eigenvalue weighted by Gasteiger charge is -2.44. The molecule has 28 heavy (non-hydrogen) atoms. The first-order valence-electron chi connectivity index (χ1n) is 9.75. The third kappa shape index (κ3) is 2.21.